The molecular formula is C20H24N2O2. The lowest BCUT2D eigenvalue weighted by molar-refractivity contribution is -0.128. The van der Waals surface area contributed by atoms with Crippen molar-refractivity contribution in [3.8, 4) is 0 Å². The Morgan fingerprint density at radius 3 is 1.96 bits per heavy atom. The highest BCUT2D eigenvalue weighted by atomic mass is 16.5. The molecule has 0 unspecified atom stereocenters. The molecule has 1 aliphatic heterocycles. The Hall–Kier alpha value is -2.17. The molecule has 1 N–H and O–H groups in total. The third-order valence-electron chi connectivity index (χ3n) is 4.53. The largest absolute Gasteiger partial charge is 0.379 e. The molecule has 0 aromatic heterocycles. The minimum Gasteiger partial charge on any atom is -0.379 e. The molecule has 1 fully saturated rings. The number of ether oxygens (including phenoxy) is 1. The summed E-state index contributed by atoms with van der Waals surface area (Å²) in [6.07, 6.45) is 0. The zero-order chi connectivity index (χ0) is 16.8. The highest BCUT2D eigenvalue weighted by molar-refractivity contribution is 5.82. The SMILES string of the molecule is C[C@H](C(=O)NC(c1ccccc1)c1ccccc1)N1CCOCC1. The summed E-state index contributed by atoms with van der Waals surface area (Å²) in [6, 6.07) is 19.9. The monoisotopic (exact) mass is 324 g/mol. The number of carbonyl (C=O) groups excluding carboxylic acids is 1. The summed E-state index contributed by atoms with van der Waals surface area (Å²) in [6.45, 7) is 4.95. The summed E-state index contributed by atoms with van der Waals surface area (Å²) >= 11 is 0. The van der Waals surface area contributed by atoms with E-state index < -0.39 is 0 Å². The number of nitrogens with zero attached hydrogens (tertiary/aromatic N) is 1. The van der Waals surface area contributed by atoms with Gasteiger partial charge in [0.15, 0.2) is 0 Å². The van der Waals surface area contributed by atoms with Crippen molar-refractivity contribution < 1.29 is 9.53 Å². The van der Waals surface area contributed by atoms with Gasteiger partial charge in [-0.25, -0.2) is 0 Å². The Balaban J connectivity index is 1.77. The molecule has 24 heavy (non-hydrogen) atoms. The van der Waals surface area contributed by atoms with Gasteiger partial charge in [0.05, 0.1) is 25.3 Å². The topological polar surface area (TPSA) is 41.6 Å². The van der Waals surface area contributed by atoms with E-state index in [-0.39, 0.29) is 18.0 Å². The molecule has 2 aromatic carbocycles. The zero-order valence-corrected chi connectivity index (χ0v) is 14.0. The van der Waals surface area contributed by atoms with Crippen molar-refractivity contribution in [2.75, 3.05) is 26.3 Å². The van der Waals surface area contributed by atoms with Gasteiger partial charge in [0, 0.05) is 13.1 Å². The fourth-order valence-electron chi connectivity index (χ4n) is 3.04. The van der Waals surface area contributed by atoms with Gasteiger partial charge in [-0.1, -0.05) is 60.7 Å². The summed E-state index contributed by atoms with van der Waals surface area (Å²) in [5.41, 5.74) is 2.18. The number of nitrogens with one attached hydrogen (secondary N) is 1. The molecule has 0 saturated carbocycles. The van der Waals surface area contributed by atoms with Crippen molar-refractivity contribution in [3.05, 3.63) is 71.8 Å². The van der Waals surface area contributed by atoms with Gasteiger partial charge in [0.2, 0.25) is 5.91 Å². The number of hydrogen-bond donors (Lipinski definition) is 1. The second kappa shape index (κ2) is 8.08. The Morgan fingerprint density at radius 2 is 1.46 bits per heavy atom. The molecule has 0 bridgehead atoms. The first-order valence-corrected chi connectivity index (χ1v) is 8.48. The molecule has 1 heterocycles. The first-order valence-electron chi connectivity index (χ1n) is 8.48. The fourth-order valence-corrected chi connectivity index (χ4v) is 3.04. The summed E-state index contributed by atoms with van der Waals surface area (Å²) in [4.78, 5) is 15.0. The van der Waals surface area contributed by atoms with Crippen molar-refractivity contribution in [2.24, 2.45) is 0 Å². The van der Waals surface area contributed by atoms with E-state index >= 15 is 0 Å². The quantitative estimate of drug-likeness (QED) is 0.919. The first-order chi connectivity index (χ1) is 11.8. The van der Waals surface area contributed by atoms with Gasteiger partial charge in [0.25, 0.3) is 0 Å². The number of hydrogen-bond acceptors (Lipinski definition) is 3. The fraction of sp³-hybridized carbons (Fsp3) is 0.350. The molecule has 1 atom stereocenters. The van der Waals surface area contributed by atoms with Gasteiger partial charge in [-0.15, -0.1) is 0 Å². The molecule has 4 nitrogen and oxygen atoms in total. The number of amides is 1. The minimum absolute atomic E-state index is 0.0506. The Labute approximate surface area is 143 Å². The van der Waals surface area contributed by atoms with Crippen molar-refractivity contribution in [3.63, 3.8) is 0 Å². The van der Waals surface area contributed by atoms with E-state index in [0.29, 0.717) is 13.2 Å². The lowest BCUT2D eigenvalue weighted by Crippen LogP contribution is -2.50. The number of benzene rings is 2. The van der Waals surface area contributed by atoms with Gasteiger partial charge in [-0.2, -0.15) is 0 Å². The minimum atomic E-state index is -0.163. The average molecular weight is 324 g/mol. The van der Waals surface area contributed by atoms with Crippen LogP contribution in [-0.4, -0.2) is 43.2 Å². The van der Waals surface area contributed by atoms with Crippen LogP contribution in [0.4, 0.5) is 0 Å². The zero-order valence-electron chi connectivity index (χ0n) is 14.0. The van der Waals surface area contributed by atoms with Crippen molar-refractivity contribution >= 4 is 5.91 Å². The summed E-state index contributed by atoms with van der Waals surface area (Å²) in [5, 5.41) is 3.23. The van der Waals surface area contributed by atoms with Crippen LogP contribution in [0.2, 0.25) is 0 Å². The second-order valence-corrected chi connectivity index (χ2v) is 6.09. The third kappa shape index (κ3) is 4.02. The smallest absolute Gasteiger partial charge is 0.237 e. The first kappa shape index (κ1) is 16.7. The van der Waals surface area contributed by atoms with Gasteiger partial charge >= 0.3 is 0 Å². The molecule has 0 radical (unpaired) electrons. The molecule has 3 rings (SSSR count). The molecule has 4 heteroatoms. The van der Waals surface area contributed by atoms with E-state index in [9.17, 15) is 4.79 Å². The van der Waals surface area contributed by atoms with Crippen LogP contribution < -0.4 is 5.32 Å². The van der Waals surface area contributed by atoms with Crippen LogP contribution in [0.3, 0.4) is 0 Å². The highest BCUT2D eigenvalue weighted by Gasteiger charge is 2.26. The molecule has 0 spiro atoms. The van der Waals surface area contributed by atoms with Crippen LogP contribution in [0.25, 0.3) is 0 Å². The van der Waals surface area contributed by atoms with E-state index in [4.69, 9.17) is 4.74 Å². The molecule has 2 aromatic rings. The van der Waals surface area contributed by atoms with Gasteiger partial charge < -0.3 is 10.1 Å². The Kier molecular flexibility index (Phi) is 5.62. The van der Waals surface area contributed by atoms with Crippen LogP contribution in [0.15, 0.2) is 60.7 Å². The molecule has 0 aliphatic carbocycles. The predicted octanol–water partition coefficient (Wildman–Crippen LogP) is 2.61. The van der Waals surface area contributed by atoms with Crippen molar-refractivity contribution in [1.82, 2.24) is 10.2 Å². The van der Waals surface area contributed by atoms with Gasteiger partial charge in [-0.05, 0) is 18.1 Å². The normalized spacial score (nSPS) is 16.8. The van der Waals surface area contributed by atoms with Crippen LogP contribution in [0.1, 0.15) is 24.1 Å². The van der Waals surface area contributed by atoms with E-state index in [2.05, 4.69) is 34.5 Å². The molecule has 1 saturated heterocycles. The number of carbonyl (C=O) groups is 1. The van der Waals surface area contributed by atoms with Crippen molar-refractivity contribution in [1.29, 1.82) is 0 Å². The van der Waals surface area contributed by atoms with Crippen molar-refractivity contribution in [2.45, 2.75) is 19.0 Å². The highest BCUT2D eigenvalue weighted by Crippen LogP contribution is 2.22. The standard InChI is InChI=1S/C20H24N2O2/c1-16(22-12-14-24-15-13-22)20(23)21-19(17-8-4-2-5-9-17)18-10-6-3-7-11-18/h2-11,16,19H,12-15H2,1H3,(H,21,23)/t16-/m1/s1. The molecule has 1 amide bonds. The molecule has 126 valence electrons. The summed E-state index contributed by atoms with van der Waals surface area (Å²) in [7, 11) is 0. The number of rotatable bonds is 5. The maximum Gasteiger partial charge on any atom is 0.237 e. The number of morpholine rings is 1. The summed E-state index contributed by atoms with van der Waals surface area (Å²) < 4.78 is 5.38. The van der Waals surface area contributed by atoms with Gasteiger partial charge in [0.1, 0.15) is 0 Å². The Morgan fingerprint density at radius 1 is 0.958 bits per heavy atom. The maximum absolute atomic E-state index is 12.8. The second-order valence-electron chi connectivity index (χ2n) is 6.09. The molecule has 1 aliphatic rings. The summed E-state index contributed by atoms with van der Waals surface area (Å²) in [5.74, 6) is 0.0506. The lowest BCUT2D eigenvalue weighted by Gasteiger charge is -2.32. The van der Waals surface area contributed by atoms with E-state index in [1.807, 2.05) is 43.3 Å². The van der Waals surface area contributed by atoms with E-state index in [0.717, 1.165) is 24.2 Å². The Bertz CT molecular complexity index is 600. The van der Waals surface area contributed by atoms with Crippen LogP contribution in [0, 0.1) is 0 Å². The average Bonchev–Trinajstić information content (AvgIpc) is 2.67. The lowest BCUT2D eigenvalue weighted by atomic mass is 9.98. The maximum atomic E-state index is 12.8. The predicted molar refractivity (Wildman–Crippen MR) is 94.7 cm³/mol. The third-order valence-corrected chi connectivity index (χ3v) is 4.53. The van der Waals surface area contributed by atoms with E-state index in [1.165, 1.54) is 0 Å². The van der Waals surface area contributed by atoms with Crippen LogP contribution in [0.5, 0.6) is 0 Å². The van der Waals surface area contributed by atoms with Crippen LogP contribution >= 0.6 is 0 Å². The van der Waals surface area contributed by atoms with Crippen LogP contribution in [-0.2, 0) is 9.53 Å². The van der Waals surface area contributed by atoms with E-state index in [1.54, 1.807) is 0 Å². The van der Waals surface area contributed by atoms with Gasteiger partial charge in [-0.3, -0.25) is 9.69 Å². The molecular weight excluding hydrogens is 300 g/mol.